The summed E-state index contributed by atoms with van der Waals surface area (Å²) in [5, 5.41) is 3.25. The van der Waals surface area contributed by atoms with Crippen molar-refractivity contribution in [3.63, 3.8) is 0 Å². The van der Waals surface area contributed by atoms with Crippen molar-refractivity contribution in [1.82, 2.24) is 19.8 Å². The third-order valence-electron chi connectivity index (χ3n) is 4.83. The summed E-state index contributed by atoms with van der Waals surface area (Å²) in [4.78, 5) is 21.0. The van der Waals surface area contributed by atoms with Crippen LogP contribution in [0.4, 0.5) is 0 Å². The molecule has 1 amide bonds. The highest BCUT2D eigenvalue weighted by atomic mass is 32.2. The van der Waals surface area contributed by atoms with Crippen molar-refractivity contribution in [2.24, 2.45) is 10.9 Å². The molecule has 27 heavy (non-hydrogen) atoms. The number of carbonyl (C=O) groups excluding carboxylic acids is 1. The molecule has 2 fully saturated rings. The van der Waals surface area contributed by atoms with Crippen LogP contribution in [-0.4, -0.2) is 94.9 Å². The molecule has 0 aromatic carbocycles. The zero-order valence-corrected chi connectivity index (χ0v) is 17.6. The number of piperidine rings is 1. The number of guanidine groups is 1. The molecular weight excluding hydrogens is 370 g/mol. The summed E-state index contributed by atoms with van der Waals surface area (Å²) in [5.74, 6) is 1.02. The normalized spacial score (nSPS) is 20.7. The molecule has 0 aromatic heterocycles. The van der Waals surface area contributed by atoms with Gasteiger partial charge < -0.3 is 19.9 Å². The highest BCUT2D eigenvalue weighted by Crippen LogP contribution is 2.20. The number of nitrogens with zero attached hydrogens (tertiary/aromatic N) is 3. The lowest BCUT2D eigenvalue weighted by Crippen LogP contribution is -2.55. The van der Waals surface area contributed by atoms with Gasteiger partial charge in [0.1, 0.15) is 0 Å². The van der Waals surface area contributed by atoms with Gasteiger partial charge in [0.2, 0.25) is 15.9 Å². The first kappa shape index (κ1) is 21.9. The van der Waals surface area contributed by atoms with E-state index in [-0.39, 0.29) is 11.8 Å². The fourth-order valence-corrected chi connectivity index (χ4v) is 4.63. The molecule has 2 heterocycles. The van der Waals surface area contributed by atoms with Gasteiger partial charge in [-0.3, -0.25) is 9.79 Å². The number of likely N-dealkylation sites (tertiary alicyclic amines) is 1. The Balaban J connectivity index is 1.83. The summed E-state index contributed by atoms with van der Waals surface area (Å²) >= 11 is 0. The molecule has 0 atom stereocenters. The van der Waals surface area contributed by atoms with Gasteiger partial charge in [0.05, 0.1) is 19.5 Å². The van der Waals surface area contributed by atoms with Gasteiger partial charge >= 0.3 is 0 Å². The van der Waals surface area contributed by atoms with E-state index in [1.807, 2.05) is 18.7 Å². The fraction of sp³-hybridized carbons (Fsp3) is 0.882. The van der Waals surface area contributed by atoms with E-state index in [2.05, 4.69) is 19.9 Å². The Morgan fingerprint density at radius 1 is 1.15 bits per heavy atom. The van der Waals surface area contributed by atoms with E-state index in [9.17, 15) is 13.2 Å². The van der Waals surface area contributed by atoms with Crippen LogP contribution in [0.25, 0.3) is 0 Å². The minimum Gasteiger partial charge on any atom is -0.378 e. The van der Waals surface area contributed by atoms with Crippen molar-refractivity contribution in [3.8, 4) is 0 Å². The summed E-state index contributed by atoms with van der Waals surface area (Å²) < 4.78 is 30.9. The number of nitrogens with one attached hydrogen (secondary N) is 2. The third-order valence-corrected chi connectivity index (χ3v) is 5.75. The topological polar surface area (TPSA) is 103 Å². The number of sulfonamides is 1. The van der Waals surface area contributed by atoms with Crippen molar-refractivity contribution in [2.75, 3.05) is 59.2 Å². The molecule has 2 aliphatic heterocycles. The lowest BCUT2D eigenvalue weighted by atomic mass is 9.95. The number of morpholine rings is 1. The Bertz CT molecular complexity index is 636. The SMILES string of the molecule is CN=C(NCC(C)(C)NS(C)(=O)=O)N1CCC(C(=O)N2CCOCC2)CC1. The first-order valence-electron chi connectivity index (χ1n) is 9.42. The maximum atomic E-state index is 12.6. The number of amides is 1. The molecule has 10 heteroatoms. The lowest BCUT2D eigenvalue weighted by molar-refractivity contribution is -0.140. The van der Waals surface area contributed by atoms with Crippen LogP contribution in [0.3, 0.4) is 0 Å². The van der Waals surface area contributed by atoms with Crippen LogP contribution in [-0.2, 0) is 19.6 Å². The standard InChI is InChI=1S/C17H33N5O4S/c1-17(2,20-27(4,24)25)13-19-16(18-3)22-7-5-14(6-8-22)15(23)21-9-11-26-12-10-21/h14,20H,5-13H2,1-4H3,(H,18,19). The lowest BCUT2D eigenvalue weighted by Gasteiger charge is -2.37. The molecule has 0 aliphatic carbocycles. The number of ether oxygens (including phenoxy) is 1. The minimum absolute atomic E-state index is 0.0563. The molecule has 0 aromatic rings. The molecule has 0 saturated carbocycles. The predicted octanol–water partition coefficient (Wildman–Crippen LogP) is -0.540. The smallest absolute Gasteiger partial charge is 0.225 e. The predicted molar refractivity (Wildman–Crippen MR) is 105 cm³/mol. The first-order valence-corrected chi connectivity index (χ1v) is 11.3. The molecule has 9 nitrogen and oxygen atoms in total. The van der Waals surface area contributed by atoms with Crippen molar-refractivity contribution in [3.05, 3.63) is 0 Å². The van der Waals surface area contributed by atoms with Gasteiger partial charge in [-0.15, -0.1) is 0 Å². The van der Waals surface area contributed by atoms with Crippen molar-refractivity contribution in [1.29, 1.82) is 0 Å². The van der Waals surface area contributed by atoms with Gasteiger partial charge in [-0.05, 0) is 26.7 Å². The fourth-order valence-electron chi connectivity index (χ4n) is 3.55. The second-order valence-electron chi connectivity index (χ2n) is 7.86. The Kier molecular flexibility index (Phi) is 7.47. The largest absolute Gasteiger partial charge is 0.378 e. The van der Waals surface area contributed by atoms with E-state index >= 15 is 0 Å². The van der Waals surface area contributed by atoms with Crippen molar-refractivity contribution >= 4 is 21.9 Å². The first-order chi connectivity index (χ1) is 12.6. The average Bonchev–Trinajstić information content (AvgIpc) is 2.61. The van der Waals surface area contributed by atoms with E-state index in [0.717, 1.165) is 38.1 Å². The maximum Gasteiger partial charge on any atom is 0.225 e. The number of aliphatic imine (C=N–C) groups is 1. The van der Waals surface area contributed by atoms with Crippen LogP contribution in [0.2, 0.25) is 0 Å². The Hall–Kier alpha value is -1.39. The van der Waals surface area contributed by atoms with Gasteiger partial charge in [0, 0.05) is 51.2 Å². The average molecular weight is 404 g/mol. The maximum absolute atomic E-state index is 12.6. The molecule has 0 radical (unpaired) electrons. The summed E-state index contributed by atoms with van der Waals surface area (Å²) in [6, 6.07) is 0. The second-order valence-corrected chi connectivity index (χ2v) is 9.61. The van der Waals surface area contributed by atoms with Gasteiger partial charge in [-0.1, -0.05) is 0 Å². The quantitative estimate of drug-likeness (QED) is 0.472. The van der Waals surface area contributed by atoms with Crippen LogP contribution in [0.15, 0.2) is 4.99 Å². The molecule has 156 valence electrons. The van der Waals surface area contributed by atoms with Crippen LogP contribution >= 0.6 is 0 Å². The van der Waals surface area contributed by atoms with E-state index in [0.29, 0.717) is 32.8 Å². The molecule has 0 spiro atoms. The van der Waals surface area contributed by atoms with Gasteiger partial charge in [0.25, 0.3) is 0 Å². The number of carbonyl (C=O) groups is 1. The Morgan fingerprint density at radius 2 is 1.74 bits per heavy atom. The van der Waals surface area contributed by atoms with Crippen molar-refractivity contribution in [2.45, 2.75) is 32.2 Å². The summed E-state index contributed by atoms with van der Waals surface area (Å²) in [6.07, 6.45) is 2.74. The van der Waals surface area contributed by atoms with Gasteiger partial charge in [-0.2, -0.15) is 0 Å². The molecule has 0 bridgehead atoms. The third kappa shape index (κ3) is 6.93. The molecular formula is C17H33N5O4S. The Labute approximate surface area is 162 Å². The number of rotatable bonds is 5. The highest BCUT2D eigenvalue weighted by molar-refractivity contribution is 7.88. The van der Waals surface area contributed by atoms with E-state index in [1.165, 1.54) is 0 Å². The molecule has 2 N–H and O–H groups in total. The number of hydrogen-bond donors (Lipinski definition) is 2. The molecule has 2 saturated heterocycles. The van der Waals surface area contributed by atoms with Crippen LogP contribution in [0.1, 0.15) is 26.7 Å². The monoisotopic (exact) mass is 403 g/mol. The summed E-state index contributed by atoms with van der Waals surface area (Å²) in [6.45, 7) is 8.18. The van der Waals surface area contributed by atoms with E-state index in [1.54, 1.807) is 7.05 Å². The van der Waals surface area contributed by atoms with Crippen LogP contribution in [0.5, 0.6) is 0 Å². The molecule has 2 rings (SSSR count). The van der Waals surface area contributed by atoms with Crippen LogP contribution < -0.4 is 10.0 Å². The zero-order valence-electron chi connectivity index (χ0n) is 16.8. The van der Waals surface area contributed by atoms with Crippen molar-refractivity contribution < 1.29 is 17.9 Å². The van der Waals surface area contributed by atoms with E-state index in [4.69, 9.17) is 4.74 Å². The number of hydrogen-bond acceptors (Lipinski definition) is 5. The van der Waals surface area contributed by atoms with Gasteiger partial charge in [-0.25, -0.2) is 13.1 Å². The summed E-state index contributed by atoms with van der Waals surface area (Å²) in [5.41, 5.74) is -0.631. The summed E-state index contributed by atoms with van der Waals surface area (Å²) in [7, 11) is -1.57. The Morgan fingerprint density at radius 3 is 2.26 bits per heavy atom. The van der Waals surface area contributed by atoms with Crippen LogP contribution in [0, 0.1) is 5.92 Å². The zero-order chi connectivity index (χ0) is 20.1. The molecule has 2 aliphatic rings. The van der Waals surface area contributed by atoms with Gasteiger partial charge in [0.15, 0.2) is 5.96 Å². The second kappa shape index (κ2) is 9.20. The van der Waals surface area contributed by atoms with E-state index < -0.39 is 15.6 Å². The minimum atomic E-state index is -3.28. The highest BCUT2D eigenvalue weighted by Gasteiger charge is 2.31. The molecule has 0 unspecified atom stereocenters.